The van der Waals surface area contributed by atoms with Gasteiger partial charge in [-0.15, -0.1) is 0 Å². The number of aliphatic hydroxyl groups excluding tert-OH is 1. The van der Waals surface area contributed by atoms with E-state index >= 15 is 0 Å². The summed E-state index contributed by atoms with van der Waals surface area (Å²) in [5.41, 5.74) is -0.954. The van der Waals surface area contributed by atoms with Crippen LogP contribution in [0.5, 0.6) is 17.2 Å². The molecule has 0 radical (unpaired) electrons. The lowest BCUT2D eigenvalue weighted by molar-refractivity contribution is -0.129. The van der Waals surface area contributed by atoms with Crippen molar-refractivity contribution in [2.24, 2.45) is 5.92 Å². The van der Waals surface area contributed by atoms with E-state index in [1.807, 2.05) is 13.8 Å². The molecular formula is C22H28ClNO7. The van der Waals surface area contributed by atoms with Crippen LogP contribution in [0, 0.1) is 5.92 Å². The van der Waals surface area contributed by atoms with Crippen LogP contribution in [0.3, 0.4) is 0 Å². The Balaban J connectivity index is 1.84. The van der Waals surface area contributed by atoms with Crippen LogP contribution in [0.1, 0.15) is 37.6 Å². The van der Waals surface area contributed by atoms with Crippen molar-refractivity contribution in [3.05, 3.63) is 28.4 Å². The Kier molecular flexibility index (Phi) is 6.83. The van der Waals surface area contributed by atoms with Gasteiger partial charge in [-0.1, -0.05) is 18.5 Å². The molecule has 0 bridgehead atoms. The maximum absolute atomic E-state index is 13.4. The summed E-state index contributed by atoms with van der Waals surface area (Å²) in [4.78, 5) is 26.6. The molecule has 1 aliphatic heterocycles. The number of ketones is 2. The minimum atomic E-state index is -1.71. The Bertz CT molecular complexity index is 914. The summed E-state index contributed by atoms with van der Waals surface area (Å²) in [6.45, 7) is 5.94. The highest BCUT2D eigenvalue weighted by molar-refractivity contribution is 6.36. The number of aliphatic hydroxyl groups is 1. The van der Waals surface area contributed by atoms with Gasteiger partial charge < -0.3 is 29.4 Å². The summed E-state index contributed by atoms with van der Waals surface area (Å²) in [6.07, 6.45) is 1.02. The Morgan fingerprint density at radius 2 is 1.97 bits per heavy atom. The van der Waals surface area contributed by atoms with E-state index in [-0.39, 0.29) is 47.1 Å². The van der Waals surface area contributed by atoms with Crippen molar-refractivity contribution in [1.82, 2.24) is 5.32 Å². The molecule has 8 nitrogen and oxygen atoms in total. The zero-order valence-electron chi connectivity index (χ0n) is 18.3. The van der Waals surface area contributed by atoms with E-state index in [0.717, 1.165) is 0 Å². The first kappa shape index (κ1) is 23.4. The second-order valence-electron chi connectivity index (χ2n) is 8.02. The molecule has 1 aromatic carbocycles. The lowest BCUT2D eigenvalue weighted by atomic mass is 9.74. The lowest BCUT2D eigenvalue weighted by Crippen LogP contribution is -2.55. The molecule has 3 rings (SSSR count). The van der Waals surface area contributed by atoms with E-state index in [4.69, 9.17) is 30.5 Å². The fourth-order valence-electron chi connectivity index (χ4n) is 3.86. The molecule has 31 heavy (non-hydrogen) atoms. The Morgan fingerprint density at radius 3 is 2.55 bits per heavy atom. The molecule has 2 N–H and O–H groups in total. The number of benzene rings is 1. The molecule has 3 atom stereocenters. The quantitative estimate of drug-likeness (QED) is 0.579. The molecule has 2 aliphatic rings. The van der Waals surface area contributed by atoms with Crippen molar-refractivity contribution in [3.63, 3.8) is 0 Å². The maximum Gasteiger partial charge on any atom is 0.236 e. The van der Waals surface area contributed by atoms with Gasteiger partial charge in [0.1, 0.15) is 22.1 Å². The molecule has 0 amide bonds. The molecule has 1 spiro atoms. The second-order valence-corrected chi connectivity index (χ2v) is 8.40. The van der Waals surface area contributed by atoms with E-state index in [0.29, 0.717) is 12.1 Å². The molecule has 3 unspecified atom stereocenters. The van der Waals surface area contributed by atoms with Gasteiger partial charge in [-0.3, -0.25) is 9.59 Å². The normalized spacial score (nSPS) is 23.5. The monoisotopic (exact) mass is 453 g/mol. The first-order valence-corrected chi connectivity index (χ1v) is 10.5. The Labute approximate surface area is 186 Å². The van der Waals surface area contributed by atoms with Crippen molar-refractivity contribution < 1.29 is 33.6 Å². The maximum atomic E-state index is 13.4. The average molecular weight is 454 g/mol. The SMILES string of the molecule is COc1cc(OC)c2c(c1Cl)OC1(C(=O)C=C(NCC(O)COC(C)C)CC1C)C2=O. The predicted molar refractivity (Wildman–Crippen MR) is 114 cm³/mol. The van der Waals surface area contributed by atoms with Crippen LogP contribution in [0.15, 0.2) is 17.8 Å². The van der Waals surface area contributed by atoms with Gasteiger partial charge in [0.05, 0.1) is 33.0 Å². The number of fused-ring (bicyclic) bond motifs is 1. The van der Waals surface area contributed by atoms with Crippen LogP contribution in [0.25, 0.3) is 0 Å². The molecule has 0 saturated heterocycles. The van der Waals surface area contributed by atoms with Crippen molar-refractivity contribution in [3.8, 4) is 17.2 Å². The van der Waals surface area contributed by atoms with Crippen LogP contribution in [0.2, 0.25) is 5.02 Å². The van der Waals surface area contributed by atoms with Gasteiger partial charge in [0.2, 0.25) is 17.2 Å². The molecule has 9 heteroatoms. The third-order valence-electron chi connectivity index (χ3n) is 5.50. The van der Waals surface area contributed by atoms with E-state index in [9.17, 15) is 14.7 Å². The van der Waals surface area contributed by atoms with Crippen molar-refractivity contribution >= 4 is 23.2 Å². The van der Waals surface area contributed by atoms with Crippen LogP contribution < -0.4 is 19.5 Å². The highest BCUT2D eigenvalue weighted by Gasteiger charge is 2.60. The van der Waals surface area contributed by atoms with Crippen molar-refractivity contribution in [1.29, 1.82) is 0 Å². The highest BCUT2D eigenvalue weighted by Crippen LogP contribution is 2.52. The summed E-state index contributed by atoms with van der Waals surface area (Å²) in [5, 5.41) is 13.2. The molecule has 1 aromatic rings. The number of rotatable bonds is 8. The van der Waals surface area contributed by atoms with E-state index < -0.39 is 29.2 Å². The van der Waals surface area contributed by atoms with E-state index in [1.165, 1.54) is 26.4 Å². The summed E-state index contributed by atoms with van der Waals surface area (Å²) < 4.78 is 22.0. The van der Waals surface area contributed by atoms with Gasteiger partial charge in [-0.25, -0.2) is 0 Å². The number of methoxy groups -OCH3 is 2. The van der Waals surface area contributed by atoms with Crippen LogP contribution in [-0.2, 0) is 9.53 Å². The number of nitrogens with one attached hydrogen (secondary N) is 1. The van der Waals surface area contributed by atoms with Gasteiger partial charge >= 0.3 is 0 Å². The molecule has 1 aliphatic carbocycles. The Morgan fingerprint density at radius 1 is 1.29 bits per heavy atom. The number of hydrogen-bond acceptors (Lipinski definition) is 8. The molecule has 170 valence electrons. The molecular weight excluding hydrogens is 426 g/mol. The van der Waals surface area contributed by atoms with Gasteiger partial charge in [0, 0.05) is 30.3 Å². The van der Waals surface area contributed by atoms with Crippen LogP contribution >= 0.6 is 11.6 Å². The fourth-order valence-corrected chi connectivity index (χ4v) is 4.13. The first-order chi connectivity index (χ1) is 14.6. The summed E-state index contributed by atoms with van der Waals surface area (Å²) >= 11 is 6.38. The van der Waals surface area contributed by atoms with Crippen molar-refractivity contribution in [2.45, 2.75) is 45.0 Å². The number of carbonyl (C=O) groups is 2. The fraction of sp³-hybridized carbons (Fsp3) is 0.545. The molecule has 0 fully saturated rings. The first-order valence-electron chi connectivity index (χ1n) is 10.1. The third-order valence-corrected chi connectivity index (χ3v) is 5.85. The van der Waals surface area contributed by atoms with Crippen LogP contribution in [-0.4, -0.2) is 61.9 Å². The minimum absolute atomic E-state index is 0.0135. The van der Waals surface area contributed by atoms with Gasteiger partial charge in [0.15, 0.2) is 5.75 Å². The zero-order chi connectivity index (χ0) is 22.9. The zero-order valence-corrected chi connectivity index (χ0v) is 19.0. The topological polar surface area (TPSA) is 103 Å². The van der Waals surface area contributed by atoms with Gasteiger partial charge in [-0.05, 0) is 20.3 Å². The molecule has 1 heterocycles. The van der Waals surface area contributed by atoms with Crippen molar-refractivity contribution in [2.75, 3.05) is 27.4 Å². The molecule has 0 aromatic heterocycles. The third kappa shape index (κ3) is 4.12. The number of Topliss-reactive ketones (excluding diaryl/α,β-unsaturated/α-hetero) is 1. The minimum Gasteiger partial charge on any atom is -0.496 e. The average Bonchev–Trinajstić information content (AvgIpc) is 3.04. The number of hydrogen-bond donors (Lipinski definition) is 2. The number of halogens is 1. The summed E-state index contributed by atoms with van der Waals surface area (Å²) in [6, 6.07) is 1.50. The second kappa shape index (κ2) is 9.06. The standard InChI is InChI=1S/C22H28ClNO7/c1-11(2)30-10-14(25)9-24-13-6-12(3)22(17(26)7-13)21(27)18-15(28-4)8-16(29-5)19(23)20(18)31-22/h7-8,11-12,14,24-25H,6,9-10H2,1-5H3. The number of carbonyl (C=O) groups excluding carboxylic acids is 2. The van der Waals surface area contributed by atoms with E-state index in [1.54, 1.807) is 6.92 Å². The summed E-state index contributed by atoms with van der Waals surface area (Å²) in [5.74, 6) is -0.841. The smallest absolute Gasteiger partial charge is 0.236 e. The van der Waals surface area contributed by atoms with Gasteiger partial charge in [-0.2, -0.15) is 0 Å². The highest BCUT2D eigenvalue weighted by atomic mass is 35.5. The van der Waals surface area contributed by atoms with E-state index in [2.05, 4.69) is 5.32 Å². The molecule has 0 saturated carbocycles. The number of allylic oxidation sites excluding steroid dienone is 1. The summed E-state index contributed by atoms with van der Waals surface area (Å²) in [7, 11) is 2.86. The predicted octanol–water partition coefficient (Wildman–Crippen LogP) is 2.54. The van der Waals surface area contributed by atoms with Crippen LogP contribution in [0.4, 0.5) is 0 Å². The number of ether oxygens (including phenoxy) is 4. The lowest BCUT2D eigenvalue weighted by Gasteiger charge is -2.35. The van der Waals surface area contributed by atoms with Gasteiger partial charge in [0.25, 0.3) is 0 Å². The largest absolute Gasteiger partial charge is 0.496 e. The Hall–Kier alpha value is -2.29.